The zero-order chi connectivity index (χ0) is 7.49. The van der Waals surface area contributed by atoms with Crippen molar-refractivity contribution >= 4 is 0 Å². The van der Waals surface area contributed by atoms with Gasteiger partial charge in [0.15, 0.2) is 0 Å². The van der Waals surface area contributed by atoms with E-state index in [1.807, 2.05) is 27.7 Å². The number of rotatable bonds is 2. The Hall–Kier alpha value is -0.110. The molecule has 0 rings (SSSR count). The maximum Gasteiger partial charge on any atom is 0.0428 e. The summed E-state index contributed by atoms with van der Waals surface area (Å²) in [4.78, 5) is 0. The number of hydrogen-bond donors (Lipinski definition) is 0. The van der Waals surface area contributed by atoms with Crippen LogP contribution in [0.1, 0.15) is 34.1 Å². The van der Waals surface area contributed by atoms with E-state index in [0.29, 0.717) is 6.54 Å². The standard InChI is InChI=1S/C7H16FN/c1-5-6-9(8)7(2,3)4/h5-6H2,1-4H3. The predicted molar refractivity (Wildman–Crippen MR) is 37.9 cm³/mol. The van der Waals surface area contributed by atoms with Crippen molar-refractivity contribution in [2.75, 3.05) is 6.54 Å². The van der Waals surface area contributed by atoms with Gasteiger partial charge in [0.25, 0.3) is 0 Å². The van der Waals surface area contributed by atoms with E-state index in [-0.39, 0.29) is 5.54 Å². The molecule has 0 saturated carbocycles. The Morgan fingerprint density at radius 2 is 1.78 bits per heavy atom. The highest BCUT2D eigenvalue weighted by atomic mass is 19.2. The predicted octanol–water partition coefficient (Wildman–Crippen LogP) is 2.38. The lowest BCUT2D eigenvalue weighted by molar-refractivity contribution is -0.0588. The van der Waals surface area contributed by atoms with Crippen LogP contribution in [0.2, 0.25) is 0 Å². The largest absolute Gasteiger partial charge is 0.141 e. The zero-order valence-corrected chi connectivity index (χ0v) is 6.74. The molecule has 56 valence electrons. The summed E-state index contributed by atoms with van der Waals surface area (Å²) in [6.07, 6.45) is 0.869. The van der Waals surface area contributed by atoms with Crippen molar-refractivity contribution in [2.24, 2.45) is 0 Å². The molecule has 0 unspecified atom stereocenters. The Morgan fingerprint density at radius 3 is 1.89 bits per heavy atom. The van der Waals surface area contributed by atoms with Gasteiger partial charge in [0.2, 0.25) is 0 Å². The first-order chi connectivity index (χ1) is 3.98. The van der Waals surface area contributed by atoms with E-state index < -0.39 is 0 Å². The van der Waals surface area contributed by atoms with Crippen LogP contribution < -0.4 is 0 Å². The lowest BCUT2D eigenvalue weighted by Crippen LogP contribution is -2.35. The minimum atomic E-state index is -0.323. The highest BCUT2D eigenvalue weighted by molar-refractivity contribution is 4.67. The maximum absolute atomic E-state index is 12.7. The van der Waals surface area contributed by atoms with Gasteiger partial charge in [-0.1, -0.05) is 6.92 Å². The highest BCUT2D eigenvalue weighted by Crippen LogP contribution is 2.12. The van der Waals surface area contributed by atoms with E-state index in [9.17, 15) is 4.48 Å². The maximum atomic E-state index is 12.7. The van der Waals surface area contributed by atoms with E-state index in [4.69, 9.17) is 0 Å². The normalized spacial score (nSPS) is 12.7. The van der Waals surface area contributed by atoms with Gasteiger partial charge in [0, 0.05) is 12.1 Å². The quantitative estimate of drug-likeness (QED) is 0.523. The Morgan fingerprint density at radius 1 is 1.33 bits per heavy atom. The van der Waals surface area contributed by atoms with Crippen LogP contribution >= 0.6 is 0 Å². The molecule has 0 bridgehead atoms. The molecule has 0 heterocycles. The topological polar surface area (TPSA) is 3.24 Å². The molecule has 0 aromatic carbocycles. The third-order valence-electron chi connectivity index (χ3n) is 1.15. The van der Waals surface area contributed by atoms with Crippen molar-refractivity contribution in [3.63, 3.8) is 0 Å². The van der Waals surface area contributed by atoms with E-state index in [1.54, 1.807) is 0 Å². The third kappa shape index (κ3) is 3.46. The van der Waals surface area contributed by atoms with E-state index in [0.717, 1.165) is 11.5 Å². The van der Waals surface area contributed by atoms with Crippen molar-refractivity contribution in [1.29, 1.82) is 0 Å². The van der Waals surface area contributed by atoms with E-state index in [1.165, 1.54) is 0 Å². The van der Waals surface area contributed by atoms with Gasteiger partial charge in [-0.3, -0.25) is 0 Å². The summed E-state index contributed by atoms with van der Waals surface area (Å²) in [6.45, 7) is 8.09. The van der Waals surface area contributed by atoms with Crippen LogP contribution in [0.25, 0.3) is 0 Å². The van der Waals surface area contributed by atoms with Gasteiger partial charge in [-0.15, -0.1) is 9.60 Å². The molecule has 0 spiro atoms. The Bertz CT molecular complexity index is 75.5. The average Bonchev–Trinajstić information content (AvgIpc) is 1.64. The second kappa shape index (κ2) is 3.16. The summed E-state index contributed by atoms with van der Waals surface area (Å²) in [7, 11) is 0. The van der Waals surface area contributed by atoms with E-state index >= 15 is 0 Å². The fourth-order valence-corrected chi connectivity index (χ4v) is 0.532. The first-order valence-electron chi connectivity index (χ1n) is 3.42. The molecule has 0 radical (unpaired) electrons. The van der Waals surface area contributed by atoms with Crippen LogP contribution in [-0.4, -0.2) is 17.2 Å². The summed E-state index contributed by atoms with van der Waals surface area (Å²) in [5.74, 6) is 0. The summed E-state index contributed by atoms with van der Waals surface area (Å²) >= 11 is 0. The Balaban J connectivity index is 3.59. The molecule has 0 atom stereocenters. The van der Waals surface area contributed by atoms with Crippen molar-refractivity contribution < 1.29 is 4.48 Å². The molecule has 0 saturated heterocycles. The van der Waals surface area contributed by atoms with Gasteiger partial charge in [-0.25, -0.2) is 0 Å². The van der Waals surface area contributed by atoms with Crippen molar-refractivity contribution in [2.45, 2.75) is 39.7 Å². The molecule has 0 aromatic rings. The van der Waals surface area contributed by atoms with Gasteiger partial charge in [0.1, 0.15) is 0 Å². The second-order valence-corrected chi connectivity index (χ2v) is 3.26. The fraction of sp³-hybridized carbons (Fsp3) is 1.00. The van der Waals surface area contributed by atoms with Crippen LogP contribution in [0.15, 0.2) is 0 Å². The lowest BCUT2D eigenvalue weighted by Gasteiger charge is -2.25. The Labute approximate surface area is 56.8 Å². The van der Waals surface area contributed by atoms with E-state index in [2.05, 4.69) is 0 Å². The molecule has 2 heteroatoms. The molecule has 1 nitrogen and oxygen atoms in total. The molecule has 0 N–H and O–H groups in total. The third-order valence-corrected chi connectivity index (χ3v) is 1.15. The summed E-state index contributed by atoms with van der Waals surface area (Å²) in [5.41, 5.74) is -0.323. The zero-order valence-electron chi connectivity index (χ0n) is 6.74. The van der Waals surface area contributed by atoms with Crippen molar-refractivity contribution in [1.82, 2.24) is 5.12 Å². The summed E-state index contributed by atoms with van der Waals surface area (Å²) < 4.78 is 12.7. The monoisotopic (exact) mass is 133 g/mol. The lowest BCUT2D eigenvalue weighted by atomic mass is 10.1. The molecular formula is C7H16FN. The molecule has 0 aliphatic heterocycles. The SMILES string of the molecule is CCCN(F)C(C)(C)C. The molecule has 0 aromatic heterocycles. The van der Waals surface area contributed by atoms with Gasteiger partial charge in [-0.2, -0.15) is 0 Å². The van der Waals surface area contributed by atoms with Crippen LogP contribution in [-0.2, 0) is 0 Å². The molecular weight excluding hydrogens is 117 g/mol. The van der Waals surface area contributed by atoms with Crippen LogP contribution in [0, 0.1) is 0 Å². The number of nitrogens with zero attached hydrogens (tertiary/aromatic N) is 1. The first-order valence-corrected chi connectivity index (χ1v) is 3.42. The smallest absolute Gasteiger partial charge is 0.0428 e. The molecule has 0 aliphatic carbocycles. The van der Waals surface area contributed by atoms with Crippen LogP contribution in [0.4, 0.5) is 4.48 Å². The van der Waals surface area contributed by atoms with Crippen LogP contribution in [0.5, 0.6) is 0 Å². The first kappa shape index (κ1) is 8.89. The Kier molecular flexibility index (Phi) is 3.12. The average molecular weight is 133 g/mol. The highest BCUT2D eigenvalue weighted by Gasteiger charge is 2.19. The molecule has 9 heavy (non-hydrogen) atoms. The van der Waals surface area contributed by atoms with Gasteiger partial charge in [-0.05, 0) is 27.2 Å². The molecule has 0 amide bonds. The minimum absolute atomic E-state index is 0.323. The van der Waals surface area contributed by atoms with Crippen molar-refractivity contribution in [3.8, 4) is 0 Å². The van der Waals surface area contributed by atoms with Crippen LogP contribution in [0.3, 0.4) is 0 Å². The number of hydrogen-bond acceptors (Lipinski definition) is 1. The summed E-state index contributed by atoms with van der Waals surface area (Å²) in [6, 6.07) is 0. The molecule has 0 aliphatic rings. The van der Waals surface area contributed by atoms with Crippen molar-refractivity contribution in [3.05, 3.63) is 0 Å². The minimum Gasteiger partial charge on any atom is -0.141 e. The van der Waals surface area contributed by atoms with Gasteiger partial charge in [0.05, 0.1) is 0 Å². The summed E-state index contributed by atoms with van der Waals surface area (Å²) in [5, 5.41) is 0.868. The number of halogens is 1. The van der Waals surface area contributed by atoms with Gasteiger partial charge >= 0.3 is 0 Å². The van der Waals surface area contributed by atoms with Gasteiger partial charge < -0.3 is 0 Å². The fourth-order valence-electron chi connectivity index (χ4n) is 0.532. The second-order valence-electron chi connectivity index (χ2n) is 3.26. The molecule has 0 fully saturated rings.